The molecule has 0 radical (unpaired) electrons. The van der Waals surface area contributed by atoms with Gasteiger partial charge in [-0.1, -0.05) is 0 Å². The van der Waals surface area contributed by atoms with Gasteiger partial charge in [0.25, 0.3) is 0 Å². The minimum Gasteiger partial charge on any atom is -0.481 e. The maximum absolute atomic E-state index is 10.1. The van der Waals surface area contributed by atoms with Crippen LogP contribution in [0, 0.1) is 0 Å². The summed E-state index contributed by atoms with van der Waals surface area (Å²) in [6.45, 7) is -0.250. The highest BCUT2D eigenvalue weighted by Crippen LogP contribution is 1.95. The quantitative estimate of drug-likeness (QED) is 0.436. The molecule has 0 bridgehead atoms. The number of carboxylic acids is 2. The van der Waals surface area contributed by atoms with Crippen molar-refractivity contribution in [3.8, 4) is 0 Å². The number of carbonyl (C=O) groups is 2. The highest BCUT2D eigenvalue weighted by Gasteiger charge is 2.19. The van der Waals surface area contributed by atoms with E-state index < -0.39 is 24.5 Å². The number of aliphatic hydroxyl groups excluding tert-OH is 2. The monoisotopic (exact) mass is 210 g/mol. The van der Waals surface area contributed by atoms with Crippen molar-refractivity contribution >= 4 is 11.9 Å². The van der Waals surface area contributed by atoms with Crippen LogP contribution in [0.2, 0.25) is 0 Å². The molecule has 0 aromatic heterocycles. The summed E-state index contributed by atoms with van der Waals surface area (Å²) in [6, 6.07) is 0. The van der Waals surface area contributed by atoms with Crippen molar-refractivity contribution in [2.24, 2.45) is 0 Å². The smallest absolute Gasteiger partial charge is 0.333 e. The zero-order chi connectivity index (χ0) is 11.6. The Kier molecular flexibility index (Phi) is 10.8. The molecule has 0 aliphatic heterocycles. The molecule has 0 fully saturated rings. The molecule has 4 N–H and O–H groups in total. The predicted molar refractivity (Wildman–Crippen MR) is 44.9 cm³/mol. The van der Waals surface area contributed by atoms with Crippen LogP contribution in [0.15, 0.2) is 0 Å². The molecule has 84 valence electrons. The van der Waals surface area contributed by atoms with Crippen LogP contribution in [0.4, 0.5) is 0 Å². The van der Waals surface area contributed by atoms with Gasteiger partial charge in [0.15, 0.2) is 6.10 Å². The van der Waals surface area contributed by atoms with Crippen molar-refractivity contribution in [2.45, 2.75) is 12.5 Å². The fourth-order valence-electron chi connectivity index (χ4n) is 0.430. The first-order valence-electron chi connectivity index (χ1n) is 3.68. The lowest BCUT2D eigenvalue weighted by Crippen LogP contribution is -2.25. The van der Waals surface area contributed by atoms with Gasteiger partial charge in [0.1, 0.15) is 0 Å². The van der Waals surface area contributed by atoms with E-state index in [-0.39, 0.29) is 13.2 Å². The van der Waals surface area contributed by atoms with Crippen LogP contribution in [0.1, 0.15) is 6.42 Å². The summed E-state index contributed by atoms with van der Waals surface area (Å²) in [4.78, 5) is 20.0. The summed E-state index contributed by atoms with van der Waals surface area (Å²) >= 11 is 0. The molecular weight excluding hydrogens is 196 g/mol. The second-order valence-electron chi connectivity index (χ2n) is 2.11. The van der Waals surface area contributed by atoms with Gasteiger partial charge in [0, 0.05) is 7.11 Å². The van der Waals surface area contributed by atoms with E-state index in [4.69, 9.17) is 20.4 Å². The van der Waals surface area contributed by atoms with Crippen LogP contribution in [0.5, 0.6) is 0 Å². The van der Waals surface area contributed by atoms with Crippen LogP contribution in [0.3, 0.4) is 0 Å². The third kappa shape index (κ3) is 10.8. The molecule has 0 saturated heterocycles. The van der Waals surface area contributed by atoms with E-state index in [0.717, 1.165) is 7.11 Å². The number of hydrogen-bond acceptors (Lipinski definition) is 5. The Balaban J connectivity index is 0. The summed E-state index contributed by atoms with van der Waals surface area (Å²) in [6.07, 6.45) is -1.75. The Labute approximate surface area is 80.5 Å². The first-order valence-corrected chi connectivity index (χ1v) is 3.68. The molecule has 0 saturated carbocycles. The molecule has 14 heavy (non-hydrogen) atoms. The van der Waals surface area contributed by atoms with Crippen molar-refractivity contribution in [1.29, 1.82) is 0 Å². The average molecular weight is 210 g/mol. The van der Waals surface area contributed by atoms with Gasteiger partial charge in [-0.25, -0.2) is 4.79 Å². The number of ether oxygens (including phenoxy) is 1. The van der Waals surface area contributed by atoms with E-state index in [9.17, 15) is 9.59 Å². The first kappa shape index (κ1) is 15.3. The average Bonchev–Trinajstić information content (AvgIpc) is 2.14. The van der Waals surface area contributed by atoms with E-state index in [1.54, 1.807) is 0 Å². The van der Waals surface area contributed by atoms with E-state index in [1.165, 1.54) is 0 Å². The Morgan fingerprint density at radius 2 is 1.64 bits per heavy atom. The number of hydrogen-bond donors (Lipinski definition) is 4. The Morgan fingerprint density at radius 3 is 1.71 bits per heavy atom. The van der Waals surface area contributed by atoms with E-state index >= 15 is 0 Å². The van der Waals surface area contributed by atoms with Crippen molar-refractivity contribution in [3.63, 3.8) is 0 Å². The van der Waals surface area contributed by atoms with Crippen molar-refractivity contribution < 1.29 is 34.8 Å². The summed E-state index contributed by atoms with van der Waals surface area (Å²) in [5.41, 5.74) is 0. The fraction of sp³-hybridized carbons (Fsp3) is 0.714. The molecule has 0 aliphatic rings. The lowest BCUT2D eigenvalue weighted by atomic mass is 10.2. The van der Waals surface area contributed by atoms with Gasteiger partial charge in [-0.15, -0.1) is 0 Å². The topological polar surface area (TPSA) is 124 Å². The third-order valence-corrected chi connectivity index (χ3v) is 1.02. The predicted octanol–water partition coefficient (Wildman–Crippen LogP) is -1.47. The van der Waals surface area contributed by atoms with Gasteiger partial charge in [-0.2, -0.15) is 0 Å². The van der Waals surface area contributed by atoms with Crippen molar-refractivity contribution in [1.82, 2.24) is 0 Å². The van der Waals surface area contributed by atoms with Crippen LogP contribution in [-0.4, -0.2) is 58.8 Å². The zero-order valence-electron chi connectivity index (χ0n) is 7.71. The number of carboxylic acid groups (broad SMARTS) is 2. The van der Waals surface area contributed by atoms with Crippen LogP contribution in [0.25, 0.3) is 0 Å². The van der Waals surface area contributed by atoms with Gasteiger partial charge in [-0.05, 0) is 0 Å². The number of aliphatic hydroxyl groups is 2. The Morgan fingerprint density at radius 1 is 1.21 bits per heavy atom. The Bertz CT molecular complexity index is 165. The lowest BCUT2D eigenvalue weighted by molar-refractivity contribution is -0.154. The van der Waals surface area contributed by atoms with Gasteiger partial charge >= 0.3 is 11.9 Å². The van der Waals surface area contributed by atoms with E-state index in [1.807, 2.05) is 0 Å². The molecule has 0 amide bonds. The van der Waals surface area contributed by atoms with Crippen molar-refractivity contribution in [2.75, 3.05) is 20.3 Å². The van der Waals surface area contributed by atoms with E-state index in [2.05, 4.69) is 4.74 Å². The second kappa shape index (κ2) is 9.90. The van der Waals surface area contributed by atoms with Crippen molar-refractivity contribution in [3.05, 3.63) is 0 Å². The molecule has 0 spiro atoms. The lowest BCUT2D eigenvalue weighted by Gasteiger charge is -2.05. The Hall–Kier alpha value is -1.18. The van der Waals surface area contributed by atoms with E-state index in [0.29, 0.717) is 0 Å². The number of aliphatic carboxylic acids is 2. The number of methoxy groups -OCH3 is 1. The van der Waals surface area contributed by atoms with Crippen LogP contribution < -0.4 is 0 Å². The molecule has 7 heteroatoms. The van der Waals surface area contributed by atoms with Gasteiger partial charge in [0.2, 0.25) is 0 Å². The minimum atomic E-state index is -1.26. The van der Waals surface area contributed by atoms with Gasteiger partial charge < -0.3 is 25.2 Å². The maximum atomic E-state index is 10.1. The highest BCUT2D eigenvalue weighted by molar-refractivity contribution is 5.79. The molecule has 0 heterocycles. The molecule has 0 aliphatic carbocycles. The number of rotatable bonds is 5. The maximum Gasteiger partial charge on any atom is 0.333 e. The molecule has 7 nitrogen and oxygen atoms in total. The fourth-order valence-corrected chi connectivity index (χ4v) is 0.430. The minimum absolute atomic E-state index is 0.125. The molecular formula is C7H14O7. The summed E-state index contributed by atoms with van der Waals surface area (Å²) in [7, 11) is 1.15. The normalized spacial score (nSPS) is 11.1. The molecule has 0 aromatic rings. The summed E-state index contributed by atoms with van der Waals surface area (Å²) in [5, 5.41) is 31.6. The SMILES string of the molecule is COC(CC(=O)O)C(=O)O.OCCO. The highest BCUT2D eigenvalue weighted by atomic mass is 16.5. The molecule has 1 unspecified atom stereocenters. The molecule has 1 atom stereocenters. The summed E-state index contributed by atoms with van der Waals surface area (Å²) < 4.78 is 4.34. The van der Waals surface area contributed by atoms with Gasteiger partial charge in [-0.3, -0.25) is 4.79 Å². The standard InChI is InChI=1S/C5H8O5.C2H6O2/c1-10-3(5(8)9)2-4(6)7;3-1-2-4/h3H,2H2,1H3,(H,6,7)(H,8,9);3-4H,1-2H2. The summed E-state index contributed by atoms with van der Waals surface area (Å²) in [5.74, 6) is -2.45. The second-order valence-corrected chi connectivity index (χ2v) is 2.11. The zero-order valence-corrected chi connectivity index (χ0v) is 7.71. The van der Waals surface area contributed by atoms with Gasteiger partial charge in [0.05, 0.1) is 19.6 Å². The van der Waals surface area contributed by atoms with Crippen LogP contribution >= 0.6 is 0 Å². The first-order chi connectivity index (χ1) is 6.49. The molecule has 0 rings (SSSR count). The molecule has 0 aromatic carbocycles. The largest absolute Gasteiger partial charge is 0.481 e. The van der Waals surface area contributed by atoms with Crippen LogP contribution in [-0.2, 0) is 14.3 Å². The third-order valence-electron chi connectivity index (χ3n) is 1.02.